The van der Waals surface area contributed by atoms with Crippen molar-refractivity contribution in [3.05, 3.63) is 0 Å². The van der Waals surface area contributed by atoms with E-state index >= 15 is 0 Å². The number of hydrogen-bond acceptors (Lipinski definition) is 3. The molecule has 0 aliphatic carbocycles. The summed E-state index contributed by atoms with van der Waals surface area (Å²) in [6.07, 6.45) is 1.99. The van der Waals surface area contributed by atoms with Crippen molar-refractivity contribution in [2.75, 3.05) is 19.7 Å². The Labute approximate surface area is 80.9 Å². The maximum Gasteiger partial charge on any atom is 0.0446 e. The fraction of sp³-hybridized carbons (Fsp3) is 1.00. The highest BCUT2D eigenvalue weighted by atomic mass is 16.3. The minimum absolute atomic E-state index is 0.286. The lowest BCUT2D eigenvalue weighted by atomic mass is 10.00. The zero-order chi connectivity index (χ0) is 9.84. The summed E-state index contributed by atoms with van der Waals surface area (Å²) in [5.74, 6) is 0.609. The second-order valence-corrected chi connectivity index (χ2v) is 4.37. The van der Waals surface area contributed by atoms with Gasteiger partial charge in [0.1, 0.15) is 0 Å². The third kappa shape index (κ3) is 2.93. The van der Waals surface area contributed by atoms with E-state index in [2.05, 4.69) is 18.7 Å². The van der Waals surface area contributed by atoms with Crippen LogP contribution >= 0.6 is 0 Å². The monoisotopic (exact) mass is 186 g/mol. The first-order valence-corrected chi connectivity index (χ1v) is 5.25. The summed E-state index contributed by atoms with van der Waals surface area (Å²) in [6.45, 7) is 6.82. The van der Waals surface area contributed by atoms with Crippen molar-refractivity contribution in [2.24, 2.45) is 11.7 Å². The molecule has 2 atom stereocenters. The van der Waals surface area contributed by atoms with E-state index in [1.165, 1.54) is 0 Å². The van der Waals surface area contributed by atoms with E-state index in [0.717, 1.165) is 25.9 Å². The van der Waals surface area contributed by atoms with Gasteiger partial charge in [0.15, 0.2) is 0 Å². The largest absolute Gasteiger partial charge is 0.396 e. The van der Waals surface area contributed by atoms with Crippen LogP contribution in [-0.4, -0.2) is 41.8 Å². The van der Waals surface area contributed by atoms with Gasteiger partial charge in [0.25, 0.3) is 0 Å². The molecular weight excluding hydrogens is 164 g/mol. The summed E-state index contributed by atoms with van der Waals surface area (Å²) in [4.78, 5) is 2.42. The van der Waals surface area contributed by atoms with E-state index in [1.54, 1.807) is 0 Å². The Bertz CT molecular complexity index is 150. The molecule has 1 aliphatic heterocycles. The van der Waals surface area contributed by atoms with Crippen LogP contribution in [0.3, 0.4) is 0 Å². The number of nitrogens with two attached hydrogens (primary N) is 1. The molecule has 3 heteroatoms. The molecule has 2 unspecified atom stereocenters. The summed E-state index contributed by atoms with van der Waals surface area (Å²) in [5.41, 5.74) is 5.86. The second kappa shape index (κ2) is 4.94. The van der Waals surface area contributed by atoms with E-state index in [4.69, 9.17) is 10.8 Å². The molecule has 1 aliphatic rings. The van der Waals surface area contributed by atoms with Crippen molar-refractivity contribution in [3.63, 3.8) is 0 Å². The number of aliphatic hydroxyl groups excluding tert-OH is 1. The Hall–Kier alpha value is -0.120. The molecule has 0 aromatic carbocycles. The molecule has 1 rings (SSSR count). The summed E-state index contributed by atoms with van der Waals surface area (Å²) >= 11 is 0. The molecule has 0 aromatic rings. The van der Waals surface area contributed by atoms with Crippen molar-refractivity contribution >= 4 is 0 Å². The highest BCUT2D eigenvalue weighted by Crippen LogP contribution is 2.19. The van der Waals surface area contributed by atoms with E-state index in [0.29, 0.717) is 18.0 Å². The zero-order valence-electron chi connectivity index (χ0n) is 8.74. The average molecular weight is 186 g/mol. The van der Waals surface area contributed by atoms with Gasteiger partial charge in [0, 0.05) is 31.8 Å². The third-order valence-electron chi connectivity index (χ3n) is 2.92. The Balaban J connectivity index is 2.44. The number of rotatable bonds is 4. The molecule has 3 N–H and O–H groups in total. The zero-order valence-corrected chi connectivity index (χ0v) is 8.74. The van der Waals surface area contributed by atoms with Gasteiger partial charge in [-0.05, 0) is 18.8 Å². The predicted octanol–water partition coefficient (Wildman–Crippen LogP) is 0.426. The molecule has 3 nitrogen and oxygen atoms in total. The smallest absolute Gasteiger partial charge is 0.0446 e. The van der Waals surface area contributed by atoms with Gasteiger partial charge in [-0.1, -0.05) is 13.8 Å². The van der Waals surface area contributed by atoms with E-state index in [9.17, 15) is 0 Å². The molecule has 1 heterocycles. The van der Waals surface area contributed by atoms with Crippen LogP contribution in [0, 0.1) is 5.92 Å². The van der Waals surface area contributed by atoms with Crippen LogP contribution in [0.2, 0.25) is 0 Å². The first-order valence-electron chi connectivity index (χ1n) is 5.25. The van der Waals surface area contributed by atoms with Crippen LogP contribution in [0.1, 0.15) is 26.7 Å². The Morgan fingerprint density at radius 2 is 2.23 bits per heavy atom. The molecule has 0 saturated carbocycles. The molecule has 1 fully saturated rings. The number of hydrogen-bond donors (Lipinski definition) is 2. The average Bonchev–Trinajstić information content (AvgIpc) is 2.46. The molecule has 0 bridgehead atoms. The van der Waals surface area contributed by atoms with E-state index in [1.807, 2.05) is 0 Å². The van der Waals surface area contributed by atoms with Crippen molar-refractivity contribution in [1.29, 1.82) is 0 Å². The van der Waals surface area contributed by atoms with E-state index in [-0.39, 0.29) is 6.61 Å². The van der Waals surface area contributed by atoms with Gasteiger partial charge in [-0.2, -0.15) is 0 Å². The van der Waals surface area contributed by atoms with Crippen LogP contribution in [0.5, 0.6) is 0 Å². The highest BCUT2D eigenvalue weighted by molar-refractivity contribution is 4.84. The summed E-state index contributed by atoms with van der Waals surface area (Å²) in [7, 11) is 0. The lowest BCUT2D eigenvalue weighted by molar-refractivity contribution is 0.146. The minimum atomic E-state index is 0.286. The quantitative estimate of drug-likeness (QED) is 0.669. The lowest BCUT2D eigenvalue weighted by Crippen LogP contribution is -2.39. The topological polar surface area (TPSA) is 49.5 Å². The number of nitrogens with zero attached hydrogens (tertiary/aromatic N) is 1. The Morgan fingerprint density at radius 1 is 1.54 bits per heavy atom. The molecule has 0 aromatic heterocycles. The van der Waals surface area contributed by atoms with Gasteiger partial charge < -0.3 is 10.8 Å². The standard InChI is InChI=1S/C10H22N2O/c1-8(2)10(4-6-13)12-5-3-9(11)7-12/h8-10,13H,3-7,11H2,1-2H3. The molecular formula is C10H22N2O. The molecule has 0 spiro atoms. The highest BCUT2D eigenvalue weighted by Gasteiger charge is 2.27. The van der Waals surface area contributed by atoms with Crippen LogP contribution in [0.15, 0.2) is 0 Å². The lowest BCUT2D eigenvalue weighted by Gasteiger charge is -2.30. The van der Waals surface area contributed by atoms with Crippen LogP contribution in [-0.2, 0) is 0 Å². The maximum atomic E-state index is 8.95. The van der Waals surface area contributed by atoms with Gasteiger partial charge >= 0.3 is 0 Å². The van der Waals surface area contributed by atoms with Crippen molar-refractivity contribution in [1.82, 2.24) is 4.90 Å². The normalized spacial score (nSPS) is 27.0. The summed E-state index contributed by atoms with van der Waals surface area (Å²) in [6, 6.07) is 0.860. The first-order chi connectivity index (χ1) is 6.15. The van der Waals surface area contributed by atoms with Crippen molar-refractivity contribution in [2.45, 2.75) is 38.8 Å². The fourth-order valence-electron chi connectivity index (χ4n) is 2.19. The SMILES string of the molecule is CC(C)C(CCO)N1CCC(N)C1. The van der Waals surface area contributed by atoms with Crippen molar-refractivity contribution < 1.29 is 5.11 Å². The maximum absolute atomic E-state index is 8.95. The van der Waals surface area contributed by atoms with Gasteiger partial charge in [0.2, 0.25) is 0 Å². The molecule has 0 amide bonds. The van der Waals surface area contributed by atoms with Gasteiger partial charge in [0.05, 0.1) is 0 Å². The van der Waals surface area contributed by atoms with Gasteiger partial charge in [-0.3, -0.25) is 4.90 Å². The molecule has 1 saturated heterocycles. The number of likely N-dealkylation sites (tertiary alicyclic amines) is 1. The summed E-state index contributed by atoms with van der Waals surface area (Å²) < 4.78 is 0. The number of aliphatic hydroxyl groups is 1. The Morgan fingerprint density at radius 3 is 2.62 bits per heavy atom. The van der Waals surface area contributed by atoms with Crippen LogP contribution in [0.25, 0.3) is 0 Å². The molecule has 0 radical (unpaired) electrons. The van der Waals surface area contributed by atoms with Crippen molar-refractivity contribution in [3.8, 4) is 0 Å². The van der Waals surface area contributed by atoms with Crippen LogP contribution < -0.4 is 5.73 Å². The molecule has 78 valence electrons. The molecule has 13 heavy (non-hydrogen) atoms. The minimum Gasteiger partial charge on any atom is -0.396 e. The fourth-order valence-corrected chi connectivity index (χ4v) is 2.19. The first kappa shape index (κ1) is 11.0. The van der Waals surface area contributed by atoms with Crippen LogP contribution in [0.4, 0.5) is 0 Å². The van der Waals surface area contributed by atoms with Gasteiger partial charge in [-0.25, -0.2) is 0 Å². The third-order valence-corrected chi connectivity index (χ3v) is 2.92. The summed E-state index contributed by atoms with van der Waals surface area (Å²) in [5, 5.41) is 8.95. The van der Waals surface area contributed by atoms with Gasteiger partial charge in [-0.15, -0.1) is 0 Å². The Kier molecular flexibility index (Phi) is 4.16. The second-order valence-electron chi connectivity index (χ2n) is 4.37. The van der Waals surface area contributed by atoms with E-state index < -0.39 is 0 Å². The predicted molar refractivity (Wildman–Crippen MR) is 54.5 cm³/mol.